The van der Waals surface area contributed by atoms with Gasteiger partial charge in [0.25, 0.3) is 0 Å². The van der Waals surface area contributed by atoms with Gasteiger partial charge in [-0.05, 0) is 43.0 Å². The van der Waals surface area contributed by atoms with E-state index in [0.717, 1.165) is 0 Å². The third-order valence-electron chi connectivity index (χ3n) is 2.37. The molecule has 0 N–H and O–H groups in total. The molecule has 0 aromatic heterocycles. The molecular weight excluding hydrogens is 156 g/mol. The number of hydrogen-bond donors (Lipinski definition) is 0. The molecule has 0 fully saturated rings. The van der Waals surface area contributed by atoms with E-state index in [0.29, 0.717) is 0 Å². The van der Waals surface area contributed by atoms with E-state index >= 15 is 0 Å². The van der Waals surface area contributed by atoms with E-state index in [1.165, 1.54) is 22.3 Å². The Morgan fingerprint density at radius 1 is 1.23 bits per heavy atom. The van der Waals surface area contributed by atoms with Gasteiger partial charge in [0.2, 0.25) is 0 Å². The van der Waals surface area contributed by atoms with Gasteiger partial charge in [-0.1, -0.05) is 36.9 Å². The molecule has 0 unspecified atom stereocenters. The summed E-state index contributed by atoms with van der Waals surface area (Å²) < 4.78 is 0. The molecule has 1 aromatic rings. The summed E-state index contributed by atoms with van der Waals surface area (Å²) in [5, 5.41) is 0. The SMILES string of the molecule is C=Cc1c(/C=C\C)ccc(C)c1C. The maximum atomic E-state index is 3.84. The fraction of sp³-hybridized carbons (Fsp3) is 0.231. The molecule has 68 valence electrons. The highest BCUT2D eigenvalue weighted by atomic mass is 14.1. The largest absolute Gasteiger partial charge is 0.0984 e. The van der Waals surface area contributed by atoms with Crippen LogP contribution in [0.15, 0.2) is 24.8 Å². The molecule has 0 saturated carbocycles. The van der Waals surface area contributed by atoms with Gasteiger partial charge in [0, 0.05) is 0 Å². The second-order valence-corrected chi connectivity index (χ2v) is 3.21. The predicted molar refractivity (Wildman–Crippen MR) is 60.7 cm³/mol. The van der Waals surface area contributed by atoms with Gasteiger partial charge in [0.05, 0.1) is 0 Å². The van der Waals surface area contributed by atoms with E-state index in [-0.39, 0.29) is 0 Å². The van der Waals surface area contributed by atoms with E-state index in [1.54, 1.807) is 0 Å². The molecule has 0 heteroatoms. The van der Waals surface area contributed by atoms with Crippen molar-refractivity contribution >= 4 is 12.2 Å². The first kappa shape index (κ1) is 9.79. The Labute approximate surface area is 80.6 Å². The molecule has 0 saturated heterocycles. The summed E-state index contributed by atoms with van der Waals surface area (Å²) in [5.74, 6) is 0. The quantitative estimate of drug-likeness (QED) is 0.633. The summed E-state index contributed by atoms with van der Waals surface area (Å²) in [6.45, 7) is 10.1. The average Bonchev–Trinajstić information content (AvgIpc) is 2.12. The van der Waals surface area contributed by atoms with Crippen molar-refractivity contribution in [1.82, 2.24) is 0 Å². The number of hydrogen-bond acceptors (Lipinski definition) is 0. The lowest BCUT2D eigenvalue weighted by Crippen LogP contribution is -1.89. The van der Waals surface area contributed by atoms with Crippen LogP contribution in [-0.2, 0) is 0 Å². The minimum atomic E-state index is 1.25. The lowest BCUT2D eigenvalue weighted by Gasteiger charge is -2.08. The summed E-state index contributed by atoms with van der Waals surface area (Å²) in [7, 11) is 0. The fourth-order valence-electron chi connectivity index (χ4n) is 1.45. The van der Waals surface area contributed by atoms with Crippen LogP contribution in [0.1, 0.15) is 29.2 Å². The van der Waals surface area contributed by atoms with Gasteiger partial charge in [-0.15, -0.1) is 0 Å². The van der Waals surface area contributed by atoms with Crippen molar-refractivity contribution in [2.45, 2.75) is 20.8 Å². The third-order valence-corrected chi connectivity index (χ3v) is 2.37. The van der Waals surface area contributed by atoms with Crippen LogP contribution in [0.2, 0.25) is 0 Å². The van der Waals surface area contributed by atoms with E-state index in [9.17, 15) is 0 Å². The lowest BCUT2D eigenvalue weighted by molar-refractivity contribution is 1.32. The minimum absolute atomic E-state index is 1.25. The number of rotatable bonds is 2. The highest BCUT2D eigenvalue weighted by Gasteiger charge is 2.01. The Morgan fingerprint density at radius 3 is 2.46 bits per heavy atom. The van der Waals surface area contributed by atoms with Crippen molar-refractivity contribution < 1.29 is 0 Å². The molecule has 13 heavy (non-hydrogen) atoms. The van der Waals surface area contributed by atoms with Crippen LogP contribution in [0.4, 0.5) is 0 Å². The Bertz CT molecular complexity index is 343. The van der Waals surface area contributed by atoms with Gasteiger partial charge in [-0.3, -0.25) is 0 Å². The molecule has 0 aliphatic rings. The van der Waals surface area contributed by atoms with Crippen molar-refractivity contribution in [3.63, 3.8) is 0 Å². The zero-order valence-electron chi connectivity index (χ0n) is 8.59. The van der Waals surface area contributed by atoms with Crippen LogP contribution in [-0.4, -0.2) is 0 Å². The summed E-state index contributed by atoms with van der Waals surface area (Å²) in [6, 6.07) is 4.29. The topological polar surface area (TPSA) is 0 Å². The molecule has 0 amide bonds. The fourth-order valence-corrected chi connectivity index (χ4v) is 1.45. The highest BCUT2D eigenvalue weighted by molar-refractivity contribution is 5.68. The average molecular weight is 172 g/mol. The maximum absolute atomic E-state index is 3.84. The molecule has 0 heterocycles. The monoisotopic (exact) mass is 172 g/mol. The summed E-state index contributed by atoms with van der Waals surface area (Å²) in [4.78, 5) is 0. The van der Waals surface area contributed by atoms with Gasteiger partial charge in [-0.25, -0.2) is 0 Å². The smallest absolute Gasteiger partial charge is 0.0158 e. The van der Waals surface area contributed by atoms with Gasteiger partial charge < -0.3 is 0 Å². The Hall–Kier alpha value is -1.30. The molecule has 1 aromatic carbocycles. The summed E-state index contributed by atoms with van der Waals surface area (Å²) >= 11 is 0. The second kappa shape index (κ2) is 4.08. The van der Waals surface area contributed by atoms with Crippen molar-refractivity contribution in [2.24, 2.45) is 0 Å². The van der Waals surface area contributed by atoms with Gasteiger partial charge >= 0.3 is 0 Å². The molecule has 0 bridgehead atoms. The Kier molecular flexibility index (Phi) is 3.07. The molecule has 0 atom stereocenters. The third kappa shape index (κ3) is 1.89. The summed E-state index contributed by atoms with van der Waals surface area (Å²) in [6.07, 6.45) is 6.10. The van der Waals surface area contributed by atoms with Crippen LogP contribution < -0.4 is 0 Å². The maximum Gasteiger partial charge on any atom is -0.0158 e. The number of benzene rings is 1. The predicted octanol–water partition coefficient (Wildman–Crippen LogP) is 3.98. The van der Waals surface area contributed by atoms with Crippen molar-refractivity contribution in [3.05, 3.63) is 47.0 Å². The van der Waals surface area contributed by atoms with E-state index in [2.05, 4.69) is 44.7 Å². The minimum Gasteiger partial charge on any atom is -0.0984 e. The van der Waals surface area contributed by atoms with E-state index in [4.69, 9.17) is 0 Å². The van der Waals surface area contributed by atoms with E-state index in [1.807, 2.05) is 13.0 Å². The van der Waals surface area contributed by atoms with Crippen LogP contribution in [0.3, 0.4) is 0 Å². The van der Waals surface area contributed by atoms with Crippen molar-refractivity contribution in [3.8, 4) is 0 Å². The molecule has 0 aliphatic heterocycles. The van der Waals surface area contributed by atoms with Crippen molar-refractivity contribution in [1.29, 1.82) is 0 Å². The molecule has 1 rings (SSSR count). The molecule has 0 spiro atoms. The molecule has 0 aliphatic carbocycles. The number of aryl methyl sites for hydroxylation is 1. The summed E-state index contributed by atoms with van der Waals surface area (Å²) in [5.41, 5.74) is 5.15. The Morgan fingerprint density at radius 2 is 1.92 bits per heavy atom. The molecular formula is C13H16. The first-order chi connectivity index (χ1) is 6.20. The van der Waals surface area contributed by atoms with Crippen LogP contribution in [0, 0.1) is 13.8 Å². The number of allylic oxidation sites excluding steroid dienone is 1. The van der Waals surface area contributed by atoms with Crippen molar-refractivity contribution in [2.75, 3.05) is 0 Å². The highest BCUT2D eigenvalue weighted by Crippen LogP contribution is 2.20. The van der Waals surface area contributed by atoms with Gasteiger partial charge in [-0.2, -0.15) is 0 Å². The Balaban J connectivity index is 3.37. The van der Waals surface area contributed by atoms with E-state index < -0.39 is 0 Å². The standard InChI is InChI=1S/C13H16/c1-5-7-12-9-8-10(3)11(4)13(12)6-2/h5-9H,2H2,1,3-4H3/b7-5-. The second-order valence-electron chi connectivity index (χ2n) is 3.21. The normalized spacial score (nSPS) is 10.7. The van der Waals surface area contributed by atoms with Gasteiger partial charge in [0.1, 0.15) is 0 Å². The van der Waals surface area contributed by atoms with Crippen LogP contribution in [0.5, 0.6) is 0 Å². The molecule has 0 radical (unpaired) electrons. The molecule has 0 nitrogen and oxygen atoms in total. The first-order valence-electron chi connectivity index (χ1n) is 4.56. The van der Waals surface area contributed by atoms with Gasteiger partial charge in [0.15, 0.2) is 0 Å². The lowest BCUT2D eigenvalue weighted by atomic mass is 9.97. The van der Waals surface area contributed by atoms with Crippen LogP contribution in [0.25, 0.3) is 12.2 Å². The van der Waals surface area contributed by atoms with Crippen LogP contribution >= 0.6 is 0 Å². The zero-order valence-corrected chi connectivity index (χ0v) is 8.59. The first-order valence-corrected chi connectivity index (χ1v) is 4.56. The zero-order chi connectivity index (χ0) is 9.84.